The number of nitrogens with zero attached hydrogens (tertiary/aromatic N) is 2. The maximum atomic E-state index is 12.9. The molecule has 0 spiro atoms. The summed E-state index contributed by atoms with van der Waals surface area (Å²) in [6.07, 6.45) is 0. The number of hydrogen-bond acceptors (Lipinski definition) is 5. The first-order valence-electron chi connectivity index (χ1n) is 7.45. The van der Waals surface area contributed by atoms with Gasteiger partial charge in [0.2, 0.25) is 5.91 Å². The number of amides is 1. The van der Waals surface area contributed by atoms with Gasteiger partial charge >= 0.3 is 5.97 Å². The number of hydrogen-bond donors (Lipinski definition) is 2. The smallest absolute Gasteiger partial charge is 0.337 e. The van der Waals surface area contributed by atoms with Crippen LogP contribution in [0.4, 0.5) is 0 Å². The van der Waals surface area contributed by atoms with Crippen molar-refractivity contribution in [3.8, 4) is 11.4 Å². The average Bonchev–Trinajstić information content (AvgIpc) is 3.01. The molecule has 0 saturated carbocycles. The Morgan fingerprint density at radius 3 is 2.76 bits per heavy atom. The molecule has 128 valence electrons. The van der Waals surface area contributed by atoms with Gasteiger partial charge < -0.3 is 10.4 Å². The summed E-state index contributed by atoms with van der Waals surface area (Å²) in [6, 6.07) is 7.41. The summed E-state index contributed by atoms with van der Waals surface area (Å²) >= 11 is 1.10. The van der Waals surface area contributed by atoms with Crippen LogP contribution in [-0.4, -0.2) is 33.6 Å². The summed E-state index contributed by atoms with van der Waals surface area (Å²) in [5.74, 6) is -1.23. The van der Waals surface area contributed by atoms with E-state index in [0.29, 0.717) is 16.2 Å². The van der Waals surface area contributed by atoms with Gasteiger partial charge in [-0.05, 0) is 13.0 Å². The number of nitrogens with one attached hydrogen (secondary N) is 1. The lowest BCUT2D eigenvalue weighted by Crippen LogP contribution is -2.32. The van der Waals surface area contributed by atoms with E-state index in [1.807, 2.05) is 25.1 Å². The molecule has 0 aliphatic rings. The highest BCUT2D eigenvalue weighted by molar-refractivity contribution is 7.17. The molecule has 0 bridgehead atoms. The molecular formula is C17H15N3O4S. The number of aromatic nitrogens is 2. The van der Waals surface area contributed by atoms with Gasteiger partial charge in [-0.3, -0.25) is 14.2 Å². The van der Waals surface area contributed by atoms with Crippen LogP contribution in [0, 0.1) is 6.92 Å². The Morgan fingerprint density at radius 2 is 2.12 bits per heavy atom. The Balaban J connectivity index is 2.35. The van der Waals surface area contributed by atoms with Crippen molar-refractivity contribution in [2.24, 2.45) is 0 Å². The zero-order chi connectivity index (χ0) is 18.1. The molecule has 25 heavy (non-hydrogen) atoms. The molecular weight excluding hydrogens is 342 g/mol. The lowest BCUT2D eigenvalue weighted by Gasteiger charge is -2.12. The minimum Gasteiger partial charge on any atom is -0.478 e. The monoisotopic (exact) mass is 357 g/mol. The highest BCUT2D eigenvalue weighted by atomic mass is 32.1. The predicted octanol–water partition coefficient (Wildman–Crippen LogP) is 1.88. The molecule has 1 amide bonds. The van der Waals surface area contributed by atoms with Crippen molar-refractivity contribution in [2.45, 2.75) is 13.5 Å². The summed E-state index contributed by atoms with van der Waals surface area (Å²) in [4.78, 5) is 41.0. The topological polar surface area (TPSA) is 101 Å². The molecule has 0 saturated heterocycles. The Hall–Kier alpha value is -3.00. The van der Waals surface area contributed by atoms with Gasteiger partial charge in [0.05, 0.1) is 10.9 Å². The van der Waals surface area contributed by atoms with Crippen LogP contribution in [-0.2, 0) is 11.3 Å². The fourth-order valence-electron chi connectivity index (χ4n) is 2.56. The summed E-state index contributed by atoms with van der Waals surface area (Å²) < 4.78 is 1.22. The fraction of sp³-hybridized carbons (Fsp3) is 0.176. The quantitative estimate of drug-likeness (QED) is 0.742. The summed E-state index contributed by atoms with van der Waals surface area (Å²) in [6.45, 7) is 1.67. The normalized spacial score (nSPS) is 10.8. The van der Waals surface area contributed by atoms with Crippen molar-refractivity contribution in [3.63, 3.8) is 0 Å². The number of fused-ring (bicyclic) bond motifs is 1. The fourth-order valence-corrected chi connectivity index (χ4v) is 3.46. The minimum absolute atomic E-state index is 0.0257. The van der Waals surface area contributed by atoms with Crippen molar-refractivity contribution in [2.75, 3.05) is 7.05 Å². The van der Waals surface area contributed by atoms with Crippen LogP contribution in [0.25, 0.3) is 21.6 Å². The largest absolute Gasteiger partial charge is 0.478 e. The van der Waals surface area contributed by atoms with Crippen molar-refractivity contribution < 1.29 is 14.7 Å². The highest BCUT2D eigenvalue weighted by Crippen LogP contribution is 2.25. The third-order valence-corrected chi connectivity index (χ3v) is 4.65. The zero-order valence-electron chi connectivity index (χ0n) is 13.6. The predicted molar refractivity (Wildman–Crippen MR) is 95.1 cm³/mol. The van der Waals surface area contributed by atoms with E-state index in [0.717, 1.165) is 16.9 Å². The second-order valence-electron chi connectivity index (χ2n) is 5.50. The van der Waals surface area contributed by atoms with Crippen LogP contribution in [0.3, 0.4) is 0 Å². The van der Waals surface area contributed by atoms with Crippen LogP contribution >= 0.6 is 11.3 Å². The number of likely N-dealkylation sites (N-methyl/N-ethyl adjacent to an activating group) is 1. The maximum Gasteiger partial charge on any atom is 0.337 e. The van der Waals surface area contributed by atoms with E-state index in [2.05, 4.69) is 10.3 Å². The van der Waals surface area contributed by atoms with E-state index in [9.17, 15) is 19.5 Å². The number of carbonyl (C=O) groups excluding carboxylic acids is 1. The first kappa shape index (κ1) is 16.8. The van der Waals surface area contributed by atoms with Gasteiger partial charge in [-0.2, -0.15) is 0 Å². The van der Waals surface area contributed by atoms with Gasteiger partial charge in [0.15, 0.2) is 0 Å². The van der Waals surface area contributed by atoms with E-state index in [-0.39, 0.29) is 23.4 Å². The SMILES string of the molecule is CNC(=O)Cn1c(-c2cccc(C)c2)nc2scc(C(=O)O)c2c1=O. The molecule has 7 nitrogen and oxygen atoms in total. The molecule has 0 atom stereocenters. The molecule has 0 radical (unpaired) electrons. The molecule has 8 heteroatoms. The van der Waals surface area contributed by atoms with Crippen LogP contribution < -0.4 is 10.9 Å². The number of aryl methyl sites for hydroxylation is 1. The third kappa shape index (κ3) is 3.03. The molecule has 2 heterocycles. The molecule has 2 aromatic heterocycles. The Morgan fingerprint density at radius 1 is 1.36 bits per heavy atom. The number of carboxylic acid groups (broad SMARTS) is 1. The number of rotatable bonds is 4. The van der Waals surface area contributed by atoms with Gasteiger partial charge in [0, 0.05) is 18.0 Å². The average molecular weight is 357 g/mol. The van der Waals surface area contributed by atoms with Gasteiger partial charge in [0.25, 0.3) is 5.56 Å². The first-order chi connectivity index (χ1) is 11.9. The van der Waals surface area contributed by atoms with E-state index < -0.39 is 11.5 Å². The van der Waals surface area contributed by atoms with Gasteiger partial charge in [-0.15, -0.1) is 11.3 Å². The van der Waals surface area contributed by atoms with E-state index >= 15 is 0 Å². The number of thiophene rings is 1. The number of carboxylic acids is 1. The summed E-state index contributed by atoms with van der Waals surface area (Å²) in [5, 5.41) is 13.2. The van der Waals surface area contributed by atoms with Crippen molar-refractivity contribution in [1.29, 1.82) is 0 Å². The Labute approximate surface area is 146 Å². The molecule has 0 aliphatic carbocycles. The highest BCUT2D eigenvalue weighted by Gasteiger charge is 2.21. The molecule has 1 aromatic carbocycles. The number of benzene rings is 1. The summed E-state index contributed by atoms with van der Waals surface area (Å²) in [5.41, 5.74) is 1.03. The van der Waals surface area contributed by atoms with Crippen molar-refractivity contribution in [1.82, 2.24) is 14.9 Å². The summed E-state index contributed by atoms with van der Waals surface area (Å²) in [7, 11) is 1.47. The van der Waals surface area contributed by atoms with Crippen molar-refractivity contribution >= 4 is 33.4 Å². The minimum atomic E-state index is -1.19. The molecule has 0 aliphatic heterocycles. The number of carbonyl (C=O) groups is 2. The molecule has 3 aromatic rings. The lowest BCUT2D eigenvalue weighted by molar-refractivity contribution is -0.121. The van der Waals surface area contributed by atoms with E-state index in [4.69, 9.17) is 0 Å². The van der Waals surface area contributed by atoms with Crippen LogP contribution in [0.2, 0.25) is 0 Å². The van der Waals surface area contributed by atoms with Gasteiger partial charge in [-0.1, -0.05) is 23.8 Å². The second-order valence-corrected chi connectivity index (χ2v) is 6.36. The number of aromatic carboxylic acids is 1. The Bertz CT molecular complexity index is 1050. The van der Waals surface area contributed by atoms with Crippen LogP contribution in [0.15, 0.2) is 34.4 Å². The lowest BCUT2D eigenvalue weighted by atomic mass is 10.1. The molecule has 3 rings (SSSR count). The van der Waals surface area contributed by atoms with Gasteiger partial charge in [0.1, 0.15) is 17.2 Å². The van der Waals surface area contributed by atoms with E-state index in [1.165, 1.54) is 17.0 Å². The third-order valence-electron chi connectivity index (χ3n) is 3.78. The Kier molecular flexibility index (Phi) is 4.37. The van der Waals surface area contributed by atoms with Crippen molar-refractivity contribution in [3.05, 3.63) is 51.1 Å². The first-order valence-corrected chi connectivity index (χ1v) is 8.33. The van der Waals surface area contributed by atoms with Crippen LogP contribution in [0.5, 0.6) is 0 Å². The standard InChI is InChI=1S/C17H15N3O4S/c1-9-4-3-5-10(6-9)14-19-15-13(11(8-25-15)17(23)24)16(22)20(14)7-12(21)18-2/h3-6,8H,7H2,1-2H3,(H,18,21)(H,23,24). The van der Waals surface area contributed by atoms with Gasteiger partial charge in [-0.25, -0.2) is 9.78 Å². The zero-order valence-corrected chi connectivity index (χ0v) is 14.4. The van der Waals surface area contributed by atoms with E-state index in [1.54, 1.807) is 6.07 Å². The molecule has 0 fully saturated rings. The molecule has 2 N–H and O–H groups in total. The maximum absolute atomic E-state index is 12.9. The second kappa shape index (κ2) is 6.48. The molecule has 0 unspecified atom stereocenters. The van der Waals surface area contributed by atoms with Crippen LogP contribution in [0.1, 0.15) is 15.9 Å².